The normalized spacial score (nSPS) is 32.7. The molecular weight excluding hydrogens is 288 g/mol. The molecule has 1 saturated heterocycles. The molecule has 1 aromatic rings. The number of ether oxygens (including phenoxy) is 2. The Morgan fingerprint density at radius 1 is 1.29 bits per heavy atom. The molecule has 0 saturated carbocycles. The van der Waals surface area contributed by atoms with Gasteiger partial charge in [-0.1, -0.05) is 36.4 Å². The molecule has 0 spiro atoms. The maximum Gasteiger partial charge on any atom is 0.303 e. The van der Waals surface area contributed by atoms with E-state index in [0.717, 1.165) is 4.90 Å². The number of carbonyl (C=O) groups is 1. The molecule has 0 radical (unpaired) electrons. The Hall–Kier alpha value is -1.04. The van der Waals surface area contributed by atoms with Crippen LogP contribution in [0.1, 0.15) is 26.3 Å². The average Bonchev–Trinajstić information content (AvgIpc) is 2.43. The Morgan fingerprint density at radius 2 is 1.90 bits per heavy atom. The van der Waals surface area contributed by atoms with Gasteiger partial charge in [-0.05, 0) is 26.0 Å². The minimum absolute atomic E-state index is 0.166. The van der Waals surface area contributed by atoms with E-state index in [1.165, 1.54) is 24.2 Å². The lowest BCUT2D eigenvalue weighted by atomic mass is 9.92. The third-order valence-electron chi connectivity index (χ3n) is 3.73. The van der Waals surface area contributed by atoms with Crippen LogP contribution in [0.3, 0.4) is 0 Å². The first-order valence-corrected chi connectivity index (χ1v) is 8.00. The summed E-state index contributed by atoms with van der Waals surface area (Å²) in [6.45, 7) is 7.15. The third-order valence-corrected chi connectivity index (χ3v) is 4.89. The molecule has 1 aliphatic heterocycles. The van der Waals surface area contributed by atoms with Gasteiger partial charge in [0.05, 0.1) is 12.2 Å². The molecule has 1 fully saturated rings. The summed E-state index contributed by atoms with van der Waals surface area (Å²) < 4.78 is 11.2. The molecule has 1 aromatic carbocycles. The van der Waals surface area contributed by atoms with Gasteiger partial charge < -0.3 is 14.6 Å². The van der Waals surface area contributed by atoms with Crippen molar-refractivity contribution < 1.29 is 19.4 Å². The maximum atomic E-state index is 11.3. The fourth-order valence-electron chi connectivity index (χ4n) is 2.44. The summed E-state index contributed by atoms with van der Waals surface area (Å²) >= 11 is 1.52. The number of hydrogen-bond acceptors (Lipinski definition) is 5. The SMILES string of the molecule is CC(=O)OC1[C@@H](C)[C@@H](O)C(C)O[C@H]1Sc1ccc(C)cc1. The van der Waals surface area contributed by atoms with E-state index in [9.17, 15) is 9.90 Å². The zero-order valence-electron chi connectivity index (χ0n) is 12.8. The molecule has 0 aromatic heterocycles. The molecule has 21 heavy (non-hydrogen) atoms. The maximum absolute atomic E-state index is 11.3. The van der Waals surface area contributed by atoms with E-state index in [1.54, 1.807) is 0 Å². The quantitative estimate of drug-likeness (QED) is 0.870. The summed E-state index contributed by atoms with van der Waals surface area (Å²) in [5.74, 6) is -0.521. The summed E-state index contributed by atoms with van der Waals surface area (Å²) in [6.07, 6.45) is -1.38. The molecular formula is C16H22O4S. The zero-order valence-corrected chi connectivity index (χ0v) is 13.6. The third kappa shape index (κ3) is 3.99. The first-order chi connectivity index (χ1) is 9.88. The second-order valence-electron chi connectivity index (χ2n) is 5.56. The highest BCUT2D eigenvalue weighted by Crippen LogP contribution is 2.37. The van der Waals surface area contributed by atoms with Crippen molar-refractivity contribution in [3.05, 3.63) is 29.8 Å². The van der Waals surface area contributed by atoms with Crippen LogP contribution in [0.25, 0.3) is 0 Å². The summed E-state index contributed by atoms with van der Waals surface area (Å²) in [5.41, 5.74) is 0.877. The lowest BCUT2D eigenvalue weighted by molar-refractivity contribution is -0.188. The predicted octanol–water partition coefficient (Wildman–Crippen LogP) is 2.76. The molecule has 1 heterocycles. The molecule has 2 rings (SSSR count). The van der Waals surface area contributed by atoms with Crippen molar-refractivity contribution in [1.82, 2.24) is 0 Å². The molecule has 1 aliphatic rings. The Morgan fingerprint density at radius 3 is 2.48 bits per heavy atom. The highest BCUT2D eigenvalue weighted by molar-refractivity contribution is 7.99. The minimum atomic E-state index is -0.635. The lowest BCUT2D eigenvalue weighted by Crippen LogP contribution is -2.52. The Kier molecular flexibility index (Phi) is 5.30. The fraction of sp³-hybridized carbons (Fsp3) is 0.562. The summed E-state index contributed by atoms with van der Waals surface area (Å²) in [5, 5.41) is 10.1. The topological polar surface area (TPSA) is 55.8 Å². The zero-order chi connectivity index (χ0) is 15.6. The average molecular weight is 310 g/mol. The van der Waals surface area contributed by atoms with E-state index in [1.807, 2.05) is 45.0 Å². The van der Waals surface area contributed by atoms with Crippen LogP contribution in [-0.2, 0) is 14.3 Å². The van der Waals surface area contributed by atoms with Gasteiger partial charge in [-0.2, -0.15) is 0 Å². The van der Waals surface area contributed by atoms with E-state index < -0.39 is 12.2 Å². The first-order valence-electron chi connectivity index (χ1n) is 7.12. The van der Waals surface area contributed by atoms with E-state index in [4.69, 9.17) is 9.47 Å². The molecule has 2 unspecified atom stereocenters. The van der Waals surface area contributed by atoms with Crippen LogP contribution in [0, 0.1) is 12.8 Å². The van der Waals surface area contributed by atoms with E-state index in [-0.39, 0.29) is 23.4 Å². The Bertz CT molecular complexity index is 488. The van der Waals surface area contributed by atoms with Gasteiger partial charge in [0.2, 0.25) is 0 Å². The van der Waals surface area contributed by atoms with Crippen LogP contribution in [0.5, 0.6) is 0 Å². The molecule has 1 N–H and O–H groups in total. The van der Waals surface area contributed by atoms with Crippen LogP contribution in [0.15, 0.2) is 29.2 Å². The minimum Gasteiger partial charge on any atom is -0.458 e. The van der Waals surface area contributed by atoms with Crippen LogP contribution < -0.4 is 0 Å². The van der Waals surface area contributed by atoms with E-state index in [2.05, 4.69) is 0 Å². The molecule has 116 valence electrons. The Labute approximate surface area is 129 Å². The molecule has 0 aliphatic carbocycles. The van der Waals surface area contributed by atoms with E-state index >= 15 is 0 Å². The fourth-order valence-corrected chi connectivity index (χ4v) is 3.67. The van der Waals surface area contributed by atoms with Crippen molar-refractivity contribution in [2.75, 3.05) is 0 Å². The number of benzene rings is 1. The summed E-state index contributed by atoms with van der Waals surface area (Å²) in [6, 6.07) is 8.12. The summed E-state index contributed by atoms with van der Waals surface area (Å²) in [7, 11) is 0. The van der Waals surface area contributed by atoms with Gasteiger partial charge in [0, 0.05) is 17.7 Å². The first kappa shape index (κ1) is 16.3. The predicted molar refractivity (Wildman–Crippen MR) is 82.1 cm³/mol. The second kappa shape index (κ2) is 6.81. The van der Waals surface area contributed by atoms with Crippen molar-refractivity contribution >= 4 is 17.7 Å². The molecule has 4 nitrogen and oxygen atoms in total. The van der Waals surface area contributed by atoms with Gasteiger partial charge in [-0.15, -0.1) is 0 Å². The van der Waals surface area contributed by atoms with Crippen molar-refractivity contribution in [1.29, 1.82) is 0 Å². The number of esters is 1. The highest BCUT2D eigenvalue weighted by Gasteiger charge is 2.43. The van der Waals surface area contributed by atoms with Crippen molar-refractivity contribution in [3.63, 3.8) is 0 Å². The summed E-state index contributed by atoms with van der Waals surface area (Å²) in [4.78, 5) is 12.4. The standard InChI is InChI=1S/C16H22O4S/c1-9-5-7-13(8-6-9)21-16-15(20-12(4)17)10(2)14(18)11(3)19-16/h5-8,10-11,14-16,18H,1-4H3/t10-,11?,14+,15?,16-/m0/s1. The van der Waals surface area contributed by atoms with Crippen LogP contribution >= 0.6 is 11.8 Å². The van der Waals surface area contributed by atoms with Gasteiger partial charge in [-0.25, -0.2) is 0 Å². The van der Waals surface area contributed by atoms with Crippen molar-refractivity contribution in [2.24, 2.45) is 5.92 Å². The number of rotatable bonds is 3. The smallest absolute Gasteiger partial charge is 0.303 e. The number of aliphatic hydroxyl groups excluding tert-OH is 1. The Balaban J connectivity index is 2.16. The molecule has 5 heteroatoms. The van der Waals surface area contributed by atoms with E-state index in [0.29, 0.717) is 0 Å². The van der Waals surface area contributed by atoms with Gasteiger partial charge in [0.25, 0.3) is 0 Å². The van der Waals surface area contributed by atoms with Gasteiger partial charge in [-0.3, -0.25) is 4.79 Å². The molecule has 0 bridgehead atoms. The largest absolute Gasteiger partial charge is 0.458 e. The van der Waals surface area contributed by atoms with Crippen LogP contribution in [0.4, 0.5) is 0 Å². The van der Waals surface area contributed by atoms with Crippen LogP contribution in [-0.4, -0.2) is 34.8 Å². The molecule has 5 atom stereocenters. The van der Waals surface area contributed by atoms with Crippen molar-refractivity contribution in [2.45, 2.75) is 56.3 Å². The molecule has 0 amide bonds. The number of aryl methyl sites for hydroxylation is 1. The highest BCUT2D eigenvalue weighted by atomic mass is 32.2. The number of thioether (sulfide) groups is 1. The number of carbonyl (C=O) groups excluding carboxylic acids is 1. The van der Waals surface area contributed by atoms with Crippen LogP contribution in [0.2, 0.25) is 0 Å². The second-order valence-corrected chi connectivity index (χ2v) is 6.74. The monoisotopic (exact) mass is 310 g/mol. The van der Waals surface area contributed by atoms with Crippen molar-refractivity contribution in [3.8, 4) is 0 Å². The number of aliphatic hydroxyl groups is 1. The number of hydrogen-bond donors (Lipinski definition) is 1. The lowest BCUT2D eigenvalue weighted by Gasteiger charge is -2.41. The van der Waals surface area contributed by atoms with Gasteiger partial charge in [0.1, 0.15) is 11.5 Å². The van der Waals surface area contributed by atoms with Gasteiger partial charge >= 0.3 is 5.97 Å². The van der Waals surface area contributed by atoms with Gasteiger partial charge in [0.15, 0.2) is 0 Å².